The number of halogens is 1. The van der Waals surface area contributed by atoms with Crippen molar-refractivity contribution in [3.8, 4) is 5.75 Å². The van der Waals surface area contributed by atoms with E-state index in [2.05, 4.69) is 32.5 Å². The second kappa shape index (κ2) is 7.90. The SMILES string of the molecule is CN=C(NCc1ccsc1)NCc1ccc(Cl)cc1OC. The number of hydrogen-bond acceptors (Lipinski definition) is 3. The molecule has 0 fully saturated rings. The summed E-state index contributed by atoms with van der Waals surface area (Å²) in [4.78, 5) is 4.21. The average molecular weight is 324 g/mol. The Morgan fingerprint density at radius 1 is 1.29 bits per heavy atom. The van der Waals surface area contributed by atoms with E-state index in [-0.39, 0.29) is 0 Å². The van der Waals surface area contributed by atoms with Gasteiger partial charge in [0.25, 0.3) is 0 Å². The molecule has 6 heteroatoms. The van der Waals surface area contributed by atoms with E-state index in [1.807, 2.05) is 12.1 Å². The summed E-state index contributed by atoms with van der Waals surface area (Å²) >= 11 is 7.64. The number of rotatable bonds is 5. The van der Waals surface area contributed by atoms with E-state index in [9.17, 15) is 0 Å². The van der Waals surface area contributed by atoms with Crippen LogP contribution in [0.5, 0.6) is 5.75 Å². The molecule has 0 bridgehead atoms. The average Bonchev–Trinajstić information content (AvgIpc) is 3.01. The van der Waals surface area contributed by atoms with Crippen LogP contribution in [0.1, 0.15) is 11.1 Å². The predicted molar refractivity (Wildman–Crippen MR) is 89.4 cm³/mol. The van der Waals surface area contributed by atoms with E-state index in [0.717, 1.165) is 23.8 Å². The first-order chi connectivity index (χ1) is 10.2. The Morgan fingerprint density at radius 3 is 2.76 bits per heavy atom. The molecule has 0 aliphatic heterocycles. The summed E-state index contributed by atoms with van der Waals surface area (Å²) in [7, 11) is 3.39. The fourth-order valence-electron chi connectivity index (χ4n) is 1.84. The zero-order valence-electron chi connectivity index (χ0n) is 12.0. The molecule has 112 valence electrons. The number of nitrogens with one attached hydrogen (secondary N) is 2. The first-order valence-electron chi connectivity index (χ1n) is 6.51. The zero-order valence-corrected chi connectivity index (χ0v) is 13.6. The van der Waals surface area contributed by atoms with E-state index in [1.54, 1.807) is 31.6 Å². The van der Waals surface area contributed by atoms with Crippen molar-refractivity contribution >= 4 is 28.9 Å². The Morgan fingerprint density at radius 2 is 2.10 bits per heavy atom. The largest absolute Gasteiger partial charge is 0.496 e. The highest BCUT2D eigenvalue weighted by Crippen LogP contribution is 2.22. The minimum Gasteiger partial charge on any atom is -0.496 e. The maximum atomic E-state index is 5.96. The predicted octanol–water partition coefficient (Wildman–Crippen LogP) is 3.28. The van der Waals surface area contributed by atoms with Gasteiger partial charge in [0.1, 0.15) is 5.75 Å². The quantitative estimate of drug-likeness (QED) is 0.655. The Labute approximate surface area is 133 Å². The molecule has 2 rings (SSSR count). The molecule has 21 heavy (non-hydrogen) atoms. The summed E-state index contributed by atoms with van der Waals surface area (Å²) < 4.78 is 5.33. The minimum absolute atomic E-state index is 0.615. The van der Waals surface area contributed by atoms with Gasteiger partial charge in [-0.3, -0.25) is 4.99 Å². The third-order valence-electron chi connectivity index (χ3n) is 2.96. The van der Waals surface area contributed by atoms with Crippen molar-refractivity contribution in [3.05, 3.63) is 51.2 Å². The summed E-state index contributed by atoms with van der Waals surface area (Å²) in [5.41, 5.74) is 2.27. The minimum atomic E-state index is 0.615. The van der Waals surface area contributed by atoms with Crippen molar-refractivity contribution in [2.24, 2.45) is 4.99 Å². The van der Waals surface area contributed by atoms with Gasteiger partial charge in [0.2, 0.25) is 0 Å². The van der Waals surface area contributed by atoms with Crippen LogP contribution in [-0.2, 0) is 13.1 Å². The molecule has 0 spiro atoms. The molecule has 1 aromatic carbocycles. The number of thiophene rings is 1. The highest BCUT2D eigenvalue weighted by molar-refractivity contribution is 7.07. The normalized spacial score (nSPS) is 11.3. The van der Waals surface area contributed by atoms with Crippen molar-refractivity contribution in [2.75, 3.05) is 14.2 Å². The monoisotopic (exact) mass is 323 g/mol. The van der Waals surface area contributed by atoms with E-state index >= 15 is 0 Å². The van der Waals surface area contributed by atoms with Gasteiger partial charge in [-0.05, 0) is 34.5 Å². The number of methoxy groups -OCH3 is 1. The van der Waals surface area contributed by atoms with Gasteiger partial charge in [-0.15, -0.1) is 0 Å². The second-order valence-electron chi connectivity index (χ2n) is 4.37. The highest BCUT2D eigenvalue weighted by atomic mass is 35.5. The highest BCUT2D eigenvalue weighted by Gasteiger charge is 2.05. The van der Waals surface area contributed by atoms with Crippen LogP contribution < -0.4 is 15.4 Å². The van der Waals surface area contributed by atoms with Gasteiger partial charge >= 0.3 is 0 Å². The molecule has 4 nitrogen and oxygen atoms in total. The molecule has 1 aromatic heterocycles. The first kappa shape index (κ1) is 15.7. The molecular weight excluding hydrogens is 306 g/mol. The fourth-order valence-corrected chi connectivity index (χ4v) is 2.67. The van der Waals surface area contributed by atoms with Crippen molar-refractivity contribution in [1.82, 2.24) is 10.6 Å². The molecular formula is C15H18ClN3OS. The van der Waals surface area contributed by atoms with Gasteiger partial charge < -0.3 is 15.4 Å². The summed E-state index contributed by atoms with van der Waals surface area (Å²) in [6.45, 7) is 1.37. The van der Waals surface area contributed by atoms with E-state index < -0.39 is 0 Å². The van der Waals surface area contributed by atoms with Gasteiger partial charge in [-0.25, -0.2) is 0 Å². The summed E-state index contributed by atoms with van der Waals surface area (Å²) in [5, 5.41) is 11.4. The molecule has 0 aliphatic carbocycles. The van der Waals surface area contributed by atoms with Crippen LogP contribution in [0.15, 0.2) is 40.0 Å². The van der Waals surface area contributed by atoms with E-state index in [0.29, 0.717) is 11.6 Å². The maximum absolute atomic E-state index is 5.96. The smallest absolute Gasteiger partial charge is 0.191 e. The molecule has 1 heterocycles. The Kier molecular flexibility index (Phi) is 5.90. The van der Waals surface area contributed by atoms with Crippen LogP contribution in [0, 0.1) is 0 Å². The zero-order chi connectivity index (χ0) is 15.1. The van der Waals surface area contributed by atoms with Gasteiger partial charge in [-0.2, -0.15) is 11.3 Å². The van der Waals surface area contributed by atoms with Gasteiger partial charge in [-0.1, -0.05) is 17.7 Å². The van der Waals surface area contributed by atoms with Gasteiger partial charge in [0.15, 0.2) is 5.96 Å². The van der Waals surface area contributed by atoms with Gasteiger partial charge in [0.05, 0.1) is 7.11 Å². The number of ether oxygens (including phenoxy) is 1. The molecule has 0 aliphatic rings. The maximum Gasteiger partial charge on any atom is 0.191 e. The Hall–Kier alpha value is -1.72. The molecule has 0 saturated heterocycles. The lowest BCUT2D eigenvalue weighted by molar-refractivity contribution is 0.409. The number of benzene rings is 1. The molecule has 0 amide bonds. The second-order valence-corrected chi connectivity index (χ2v) is 5.58. The summed E-state index contributed by atoms with van der Waals surface area (Å²) in [6, 6.07) is 7.69. The molecule has 0 unspecified atom stereocenters. The van der Waals surface area contributed by atoms with Crippen LogP contribution in [0.2, 0.25) is 5.02 Å². The van der Waals surface area contributed by atoms with Crippen molar-refractivity contribution in [3.63, 3.8) is 0 Å². The van der Waals surface area contributed by atoms with Crippen LogP contribution >= 0.6 is 22.9 Å². The topological polar surface area (TPSA) is 45.7 Å². The molecule has 0 radical (unpaired) electrons. The van der Waals surface area contributed by atoms with Crippen LogP contribution in [0.3, 0.4) is 0 Å². The van der Waals surface area contributed by atoms with E-state index in [1.165, 1.54) is 5.56 Å². The number of hydrogen-bond donors (Lipinski definition) is 2. The Balaban J connectivity index is 1.91. The van der Waals surface area contributed by atoms with E-state index in [4.69, 9.17) is 16.3 Å². The summed E-state index contributed by atoms with van der Waals surface area (Å²) in [6.07, 6.45) is 0. The van der Waals surface area contributed by atoms with Crippen LogP contribution in [0.25, 0.3) is 0 Å². The van der Waals surface area contributed by atoms with Crippen molar-refractivity contribution < 1.29 is 4.74 Å². The summed E-state index contributed by atoms with van der Waals surface area (Å²) in [5.74, 6) is 1.52. The Bertz CT molecular complexity index is 599. The molecule has 2 N–H and O–H groups in total. The van der Waals surface area contributed by atoms with Crippen molar-refractivity contribution in [2.45, 2.75) is 13.1 Å². The van der Waals surface area contributed by atoms with Crippen molar-refractivity contribution in [1.29, 1.82) is 0 Å². The van der Waals surface area contributed by atoms with Gasteiger partial charge in [0, 0.05) is 30.7 Å². The lowest BCUT2D eigenvalue weighted by Gasteiger charge is -2.13. The van der Waals surface area contributed by atoms with Crippen LogP contribution in [0.4, 0.5) is 0 Å². The number of nitrogens with zero attached hydrogens (tertiary/aromatic N) is 1. The molecule has 0 saturated carbocycles. The first-order valence-corrected chi connectivity index (χ1v) is 7.83. The standard InChI is InChI=1S/C15H18ClN3OS/c1-17-15(18-8-11-5-6-21-10-11)19-9-12-3-4-13(16)7-14(12)20-2/h3-7,10H,8-9H2,1-2H3,(H2,17,18,19). The lowest BCUT2D eigenvalue weighted by atomic mass is 10.2. The number of aliphatic imine (C=N–C) groups is 1. The lowest BCUT2D eigenvalue weighted by Crippen LogP contribution is -2.36. The third kappa shape index (κ3) is 4.65. The number of guanidine groups is 1. The molecule has 0 atom stereocenters. The molecule has 2 aromatic rings. The van der Waals surface area contributed by atoms with Crippen LogP contribution in [-0.4, -0.2) is 20.1 Å². The fraction of sp³-hybridized carbons (Fsp3) is 0.267. The third-order valence-corrected chi connectivity index (χ3v) is 3.93.